The number of rotatable bonds is 1. The van der Waals surface area contributed by atoms with Crippen molar-refractivity contribution >= 4 is 11.7 Å². The normalized spacial score (nSPS) is 18.5. The van der Waals surface area contributed by atoms with E-state index in [-0.39, 0.29) is 17.7 Å². The number of aryl methyl sites for hydroxylation is 1. The first-order valence-corrected chi connectivity index (χ1v) is 8.94. The molecule has 2 aliphatic rings. The lowest BCUT2D eigenvalue weighted by Gasteiger charge is -2.20. The summed E-state index contributed by atoms with van der Waals surface area (Å²) >= 11 is 0. The number of urea groups is 1. The Morgan fingerprint density at radius 2 is 2.15 bits per heavy atom. The van der Waals surface area contributed by atoms with Gasteiger partial charge in [-0.3, -0.25) is 4.79 Å². The fourth-order valence-electron chi connectivity index (χ4n) is 3.64. The Bertz CT molecular complexity index is 921. The fraction of sp³-hybridized carbons (Fsp3) is 0.421. The van der Waals surface area contributed by atoms with Gasteiger partial charge in [-0.15, -0.1) is 0 Å². The van der Waals surface area contributed by atoms with E-state index in [0.717, 1.165) is 29.1 Å². The van der Waals surface area contributed by atoms with Gasteiger partial charge in [-0.05, 0) is 44.0 Å². The molecule has 2 aliphatic heterocycles. The number of benzene rings is 1. The summed E-state index contributed by atoms with van der Waals surface area (Å²) in [7, 11) is 0. The number of H-pyrrole nitrogens is 1. The van der Waals surface area contributed by atoms with Crippen LogP contribution in [0.4, 0.5) is 10.5 Å². The van der Waals surface area contributed by atoms with E-state index >= 15 is 0 Å². The third-order valence-electron chi connectivity index (χ3n) is 4.90. The van der Waals surface area contributed by atoms with Gasteiger partial charge >= 0.3 is 6.03 Å². The molecule has 1 atom stereocenters. The molecule has 26 heavy (non-hydrogen) atoms. The van der Waals surface area contributed by atoms with Crippen LogP contribution < -0.4 is 15.6 Å². The molecule has 0 radical (unpaired) electrons. The number of nitrogens with one attached hydrogen (secondary N) is 2. The van der Waals surface area contributed by atoms with E-state index in [2.05, 4.69) is 15.3 Å². The predicted molar refractivity (Wildman–Crippen MR) is 97.8 cm³/mol. The number of carbonyl (C=O) groups is 1. The highest BCUT2D eigenvalue weighted by Gasteiger charge is 2.23. The van der Waals surface area contributed by atoms with Crippen molar-refractivity contribution in [3.63, 3.8) is 0 Å². The third-order valence-corrected chi connectivity index (χ3v) is 4.90. The maximum atomic E-state index is 12.7. The second kappa shape index (κ2) is 6.48. The van der Waals surface area contributed by atoms with E-state index in [1.54, 1.807) is 11.8 Å². The minimum Gasteiger partial charge on any atom is -0.490 e. The predicted octanol–water partition coefficient (Wildman–Crippen LogP) is 2.03. The van der Waals surface area contributed by atoms with E-state index in [1.165, 1.54) is 0 Å². The van der Waals surface area contributed by atoms with Crippen LogP contribution in [0.25, 0.3) is 0 Å². The summed E-state index contributed by atoms with van der Waals surface area (Å²) in [4.78, 5) is 33.7. The monoisotopic (exact) mass is 354 g/mol. The van der Waals surface area contributed by atoms with Crippen molar-refractivity contribution in [3.8, 4) is 5.75 Å². The molecule has 7 nitrogen and oxygen atoms in total. The van der Waals surface area contributed by atoms with Crippen LogP contribution in [0.5, 0.6) is 5.75 Å². The molecule has 1 aromatic heterocycles. The Morgan fingerprint density at radius 3 is 3.00 bits per heavy atom. The molecule has 3 heterocycles. The van der Waals surface area contributed by atoms with Crippen LogP contribution in [0.15, 0.2) is 23.0 Å². The largest absolute Gasteiger partial charge is 0.490 e. The van der Waals surface area contributed by atoms with E-state index in [4.69, 9.17) is 4.74 Å². The summed E-state index contributed by atoms with van der Waals surface area (Å²) < 4.78 is 5.69. The molecule has 2 amide bonds. The number of hydrogen-bond acceptors (Lipinski definition) is 4. The molecular formula is C19H22N4O3. The lowest BCUT2D eigenvalue weighted by atomic mass is 10.1. The van der Waals surface area contributed by atoms with E-state index < -0.39 is 0 Å². The minimum absolute atomic E-state index is 0.0949. The number of anilines is 1. The van der Waals surface area contributed by atoms with Crippen LogP contribution in [0.3, 0.4) is 0 Å². The molecule has 0 saturated heterocycles. The van der Waals surface area contributed by atoms with Gasteiger partial charge in [-0.25, -0.2) is 9.78 Å². The standard InChI is InChI=1S/C19H22N4O3/c1-11-9-13-10-14(3-4-17(13)26-11)22-19(25)23-7-5-15-16(6-8-23)20-12(2)21-18(15)24/h3-4,10-11H,5-9H2,1-2H3,(H,22,25)(H,20,21,24). The number of ether oxygens (including phenoxy) is 1. The zero-order chi connectivity index (χ0) is 18.3. The Kier molecular flexibility index (Phi) is 4.14. The summed E-state index contributed by atoms with van der Waals surface area (Å²) in [5.74, 6) is 1.50. The Hall–Kier alpha value is -2.83. The van der Waals surface area contributed by atoms with Crippen LogP contribution in [0.1, 0.15) is 29.6 Å². The van der Waals surface area contributed by atoms with E-state index in [9.17, 15) is 9.59 Å². The fourth-order valence-corrected chi connectivity index (χ4v) is 3.64. The van der Waals surface area contributed by atoms with Crippen molar-refractivity contribution < 1.29 is 9.53 Å². The molecular weight excluding hydrogens is 332 g/mol. The molecule has 4 rings (SSSR count). The molecule has 0 saturated carbocycles. The van der Waals surface area contributed by atoms with Crippen molar-refractivity contribution in [1.29, 1.82) is 0 Å². The van der Waals surface area contributed by atoms with Crippen LogP contribution >= 0.6 is 0 Å². The van der Waals surface area contributed by atoms with Gasteiger partial charge in [-0.2, -0.15) is 0 Å². The Labute approximate surface area is 151 Å². The second-order valence-corrected chi connectivity index (χ2v) is 6.95. The van der Waals surface area contributed by atoms with Gasteiger partial charge in [0.1, 0.15) is 17.7 Å². The molecule has 0 bridgehead atoms. The van der Waals surface area contributed by atoms with Crippen LogP contribution in [-0.4, -0.2) is 40.1 Å². The molecule has 7 heteroatoms. The van der Waals surface area contributed by atoms with Crippen LogP contribution in [0.2, 0.25) is 0 Å². The van der Waals surface area contributed by atoms with Crippen molar-refractivity contribution in [2.75, 3.05) is 18.4 Å². The molecule has 136 valence electrons. The average molecular weight is 354 g/mol. The molecule has 0 spiro atoms. The molecule has 1 aromatic carbocycles. The van der Waals surface area contributed by atoms with Gasteiger partial charge in [0.05, 0.1) is 5.69 Å². The maximum absolute atomic E-state index is 12.7. The van der Waals surface area contributed by atoms with Crippen molar-refractivity contribution in [1.82, 2.24) is 14.9 Å². The second-order valence-electron chi connectivity index (χ2n) is 6.95. The Morgan fingerprint density at radius 1 is 1.35 bits per heavy atom. The SMILES string of the molecule is Cc1nc2c(c(=O)[nH]1)CCN(C(=O)Nc1ccc3c(c1)CC(C)O3)CC2. The lowest BCUT2D eigenvalue weighted by Crippen LogP contribution is -2.37. The number of amides is 2. The highest BCUT2D eigenvalue weighted by molar-refractivity contribution is 5.89. The topological polar surface area (TPSA) is 87.3 Å². The van der Waals surface area contributed by atoms with Gasteiger partial charge in [0.15, 0.2) is 0 Å². The molecule has 0 aliphatic carbocycles. The number of aromatic nitrogens is 2. The van der Waals surface area contributed by atoms with E-state index in [0.29, 0.717) is 37.3 Å². The highest BCUT2D eigenvalue weighted by Crippen LogP contribution is 2.31. The van der Waals surface area contributed by atoms with Crippen molar-refractivity contribution in [2.24, 2.45) is 0 Å². The zero-order valence-electron chi connectivity index (χ0n) is 15.0. The summed E-state index contributed by atoms with van der Waals surface area (Å²) in [6, 6.07) is 5.58. The third kappa shape index (κ3) is 3.16. The smallest absolute Gasteiger partial charge is 0.321 e. The number of nitrogens with zero attached hydrogens (tertiary/aromatic N) is 2. The average Bonchev–Trinajstić information content (AvgIpc) is 2.81. The van der Waals surface area contributed by atoms with Crippen LogP contribution in [-0.2, 0) is 19.3 Å². The van der Waals surface area contributed by atoms with Gasteiger partial charge in [0, 0.05) is 37.2 Å². The molecule has 2 N–H and O–H groups in total. The first-order valence-electron chi connectivity index (χ1n) is 8.94. The number of fused-ring (bicyclic) bond motifs is 2. The first kappa shape index (κ1) is 16.6. The lowest BCUT2D eigenvalue weighted by molar-refractivity contribution is 0.214. The number of carbonyl (C=O) groups excluding carboxylic acids is 1. The molecule has 0 fully saturated rings. The summed E-state index contributed by atoms with van der Waals surface area (Å²) in [6.07, 6.45) is 2.13. The molecule has 1 unspecified atom stereocenters. The summed E-state index contributed by atoms with van der Waals surface area (Å²) in [5, 5.41) is 2.96. The van der Waals surface area contributed by atoms with Gasteiger partial charge in [0.25, 0.3) is 5.56 Å². The minimum atomic E-state index is -0.155. The van der Waals surface area contributed by atoms with Gasteiger partial charge in [0.2, 0.25) is 0 Å². The first-order chi connectivity index (χ1) is 12.5. The number of hydrogen-bond donors (Lipinski definition) is 2. The Balaban J connectivity index is 1.46. The van der Waals surface area contributed by atoms with Crippen molar-refractivity contribution in [2.45, 2.75) is 39.2 Å². The summed E-state index contributed by atoms with van der Waals surface area (Å²) in [6.45, 7) is 4.84. The summed E-state index contributed by atoms with van der Waals surface area (Å²) in [5.41, 5.74) is 3.27. The van der Waals surface area contributed by atoms with Crippen molar-refractivity contribution in [3.05, 3.63) is 51.2 Å². The van der Waals surface area contributed by atoms with Gasteiger partial charge in [-0.1, -0.05) is 0 Å². The van der Waals surface area contributed by atoms with E-state index in [1.807, 2.05) is 25.1 Å². The van der Waals surface area contributed by atoms with Crippen LogP contribution in [0, 0.1) is 6.92 Å². The van der Waals surface area contributed by atoms with Gasteiger partial charge < -0.3 is 19.9 Å². The quantitative estimate of drug-likeness (QED) is 0.820. The highest BCUT2D eigenvalue weighted by atomic mass is 16.5. The number of aromatic amines is 1. The molecule has 2 aromatic rings. The zero-order valence-corrected chi connectivity index (χ0v) is 15.0. The maximum Gasteiger partial charge on any atom is 0.321 e.